The number of hydrogen-bond acceptors (Lipinski definition) is 4. The first kappa shape index (κ1) is 14.1. The molecule has 2 N–H and O–H groups in total. The van der Waals surface area contributed by atoms with Crippen molar-refractivity contribution < 1.29 is 9.90 Å². The summed E-state index contributed by atoms with van der Waals surface area (Å²) >= 11 is 3.44. The molecular formula is C13H16BrN5O2. The molecule has 1 saturated heterocycles. The van der Waals surface area contributed by atoms with Gasteiger partial charge in [0.25, 0.3) is 0 Å². The highest BCUT2D eigenvalue weighted by atomic mass is 79.9. The fraction of sp³-hybridized carbons (Fsp3) is 0.462. The maximum absolute atomic E-state index is 10.8. The van der Waals surface area contributed by atoms with E-state index in [1.807, 2.05) is 17.5 Å². The third kappa shape index (κ3) is 2.67. The van der Waals surface area contributed by atoms with Crippen LogP contribution in [0.3, 0.4) is 0 Å². The van der Waals surface area contributed by atoms with Gasteiger partial charge in [-0.05, 0) is 35.7 Å². The average molecular weight is 354 g/mol. The monoisotopic (exact) mass is 353 g/mol. The molecule has 0 aromatic carbocycles. The average Bonchev–Trinajstić information content (AvgIpc) is 2.90. The van der Waals surface area contributed by atoms with Gasteiger partial charge in [-0.1, -0.05) is 0 Å². The Morgan fingerprint density at radius 3 is 2.81 bits per heavy atom. The predicted octanol–water partition coefficient (Wildman–Crippen LogP) is 2.12. The van der Waals surface area contributed by atoms with Crippen molar-refractivity contribution in [3.8, 4) is 0 Å². The van der Waals surface area contributed by atoms with Crippen molar-refractivity contribution >= 4 is 33.6 Å². The maximum Gasteiger partial charge on any atom is 0.405 e. The summed E-state index contributed by atoms with van der Waals surface area (Å²) in [5.74, 6) is 0.836. The van der Waals surface area contributed by atoms with E-state index in [2.05, 4.69) is 36.1 Å². The van der Waals surface area contributed by atoms with E-state index in [0.29, 0.717) is 0 Å². The summed E-state index contributed by atoms with van der Waals surface area (Å²) in [7, 11) is 0. The third-order valence-corrected chi connectivity index (χ3v) is 4.48. The van der Waals surface area contributed by atoms with Crippen LogP contribution in [0, 0.1) is 0 Å². The van der Waals surface area contributed by atoms with Crippen molar-refractivity contribution in [1.29, 1.82) is 0 Å². The minimum absolute atomic E-state index is 0.369. The standard InChI is InChI=1S/C13H16BrN5O2/c1-13(17-12(20)21)2-5-18(6-3-13)11-16-8-9(14)10-15-4-7-19(10)11/h4,7-8,17H,2-3,5-6H2,1H3,(H,20,21). The van der Waals surface area contributed by atoms with Gasteiger partial charge >= 0.3 is 6.09 Å². The molecule has 0 atom stereocenters. The smallest absolute Gasteiger partial charge is 0.405 e. The number of hydrogen-bond donors (Lipinski definition) is 2. The molecule has 8 heteroatoms. The first-order valence-corrected chi connectivity index (χ1v) is 7.51. The molecule has 1 amide bonds. The summed E-state index contributed by atoms with van der Waals surface area (Å²) in [6.07, 6.45) is 5.89. The first-order chi connectivity index (χ1) is 9.98. The van der Waals surface area contributed by atoms with Gasteiger partial charge in [0.1, 0.15) is 0 Å². The van der Waals surface area contributed by atoms with Crippen molar-refractivity contribution in [2.75, 3.05) is 18.0 Å². The molecule has 0 aliphatic carbocycles. The second-order valence-electron chi connectivity index (χ2n) is 5.50. The SMILES string of the molecule is CC1(NC(=O)O)CCN(c2ncc(Br)c3nccn23)CC1. The van der Waals surface area contributed by atoms with Crippen LogP contribution in [0.4, 0.5) is 10.7 Å². The van der Waals surface area contributed by atoms with Gasteiger partial charge in [0.2, 0.25) is 5.95 Å². The van der Waals surface area contributed by atoms with Gasteiger partial charge in [0, 0.05) is 37.2 Å². The van der Waals surface area contributed by atoms with Crippen LogP contribution in [0.2, 0.25) is 0 Å². The van der Waals surface area contributed by atoms with Gasteiger partial charge in [-0.25, -0.2) is 14.8 Å². The zero-order chi connectivity index (χ0) is 15.0. The Balaban J connectivity index is 1.82. The third-order valence-electron chi connectivity index (χ3n) is 3.92. The number of fused-ring (bicyclic) bond motifs is 1. The van der Waals surface area contributed by atoms with Gasteiger partial charge in [0.15, 0.2) is 5.65 Å². The van der Waals surface area contributed by atoms with Gasteiger partial charge in [0.05, 0.1) is 4.47 Å². The largest absolute Gasteiger partial charge is 0.465 e. The molecule has 1 aliphatic heterocycles. The molecule has 2 aromatic heterocycles. The summed E-state index contributed by atoms with van der Waals surface area (Å²) in [5, 5.41) is 11.5. The minimum atomic E-state index is -0.968. The molecule has 0 unspecified atom stereocenters. The van der Waals surface area contributed by atoms with E-state index in [-0.39, 0.29) is 5.54 Å². The Bertz CT molecular complexity index is 678. The topological polar surface area (TPSA) is 82.8 Å². The summed E-state index contributed by atoms with van der Waals surface area (Å²) in [4.78, 5) is 21.8. The Hall–Kier alpha value is -1.83. The fourth-order valence-corrected chi connectivity index (χ4v) is 3.09. The molecule has 112 valence electrons. The summed E-state index contributed by atoms with van der Waals surface area (Å²) < 4.78 is 2.79. The lowest BCUT2D eigenvalue weighted by molar-refractivity contribution is 0.173. The second kappa shape index (κ2) is 5.18. The number of carbonyl (C=O) groups is 1. The van der Waals surface area contributed by atoms with Crippen molar-refractivity contribution in [1.82, 2.24) is 19.7 Å². The van der Waals surface area contributed by atoms with Crippen molar-refractivity contribution in [3.05, 3.63) is 23.1 Å². The Morgan fingerprint density at radius 1 is 1.43 bits per heavy atom. The predicted molar refractivity (Wildman–Crippen MR) is 81.7 cm³/mol. The number of carboxylic acid groups (broad SMARTS) is 1. The van der Waals surface area contributed by atoms with Gasteiger partial charge < -0.3 is 15.3 Å². The lowest BCUT2D eigenvalue weighted by Gasteiger charge is -2.39. The summed E-state index contributed by atoms with van der Waals surface area (Å²) in [6, 6.07) is 0. The van der Waals surface area contributed by atoms with Crippen LogP contribution in [-0.2, 0) is 0 Å². The van der Waals surface area contributed by atoms with Crippen LogP contribution in [0.5, 0.6) is 0 Å². The van der Waals surface area contributed by atoms with E-state index < -0.39 is 6.09 Å². The van der Waals surface area contributed by atoms with Crippen LogP contribution < -0.4 is 10.2 Å². The molecule has 21 heavy (non-hydrogen) atoms. The van der Waals surface area contributed by atoms with Crippen molar-refractivity contribution in [3.63, 3.8) is 0 Å². The van der Waals surface area contributed by atoms with E-state index in [9.17, 15) is 4.79 Å². The van der Waals surface area contributed by atoms with Crippen LogP contribution >= 0.6 is 15.9 Å². The normalized spacial score (nSPS) is 17.9. The van der Waals surface area contributed by atoms with Crippen molar-refractivity contribution in [2.24, 2.45) is 0 Å². The molecule has 0 bridgehead atoms. The quantitative estimate of drug-likeness (QED) is 0.863. The van der Waals surface area contributed by atoms with Crippen LogP contribution in [0.25, 0.3) is 5.65 Å². The molecule has 1 aliphatic rings. The summed E-state index contributed by atoms with van der Waals surface area (Å²) in [5.41, 5.74) is 0.461. The molecule has 0 radical (unpaired) electrons. The van der Waals surface area contributed by atoms with E-state index in [1.165, 1.54) is 0 Å². The number of imidazole rings is 1. The zero-order valence-corrected chi connectivity index (χ0v) is 13.2. The highest BCUT2D eigenvalue weighted by Gasteiger charge is 2.32. The van der Waals surface area contributed by atoms with E-state index in [0.717, 1.165) is 42.0 Å². The molecule has 7 nitrogen and oxygen atoms in total. The van der Waals surface area contributed by atoms with Gasteiger partial charge in [-0.2, -0.15) is 0 Å². The first-order valence-electron chi connectivity index (χ1n) is 6.72. The number of amides is 1. The number of anilines is 1. The number of aromatic nitrogens is 3. The fourth-order valence-electron chi connectivity index (χ4n) is 2.69. The second-order valence-corrected chi connectivity index (χ2v) is 6.36. The number of rotatable bonds is 2. The van der Waals surface area contributed by atoms with E-state index in [4.69, 9.17) is 5.11 Å². The Labute approximate surface area is 130 Å². The van der Waals surface area contributed by atoms with E-state index >= 15 is 0 Å². The molecule has 0 saturated carbocycles. The van der Waals surface area contributed by atoms with E-state index in [1.54, 1.807) is 12.4 Å². The zero-order valence-electron chi connectivity index (χ0n) is 11.6. The van der Waals surface area contributed by atoms with Crippen LogP contribution in [0.1, 0.15) is 19.8 Å². The number of halogens is 1. The number of nitrogens with one attached hydrogen (secondary N) is 1. The molecular weight excluding hydrogens is 338 g/mol. The minimum Gasteiger partial charge on any atom is -0.465 e. The Kier molecular flexibility index (Phi) is 3.48. The number of nitrogens with zero attached hydrogens (tertiary/aromatic N) is 4. The highest BCUT2D eigenvalue weighted by molar-refractivity contribution is 9.10. The van der Waals surface area contributed by atoms with Gasteiger partial charge in [-0.3, -0.25) is 4.40 Å². The molecule has 3 heterocycles. The van der Waals surface area contributed by atoms with Gasteiger partial charge in [-0.15, -0.1) is 0 Å². The lowest BCUT2D eigenvalue weighted by Crippen LogP contribution is -2.53. The lowest BCUT2D eigenvalue weighted by atomic mass is 9.90. The maximum atomic E-state index is 10.8. The summed E-state index contributed by atoms with van der Waals surface area (Å²) in [6.45, 7) is 3.44. The van der Waals surface area contributed by atoms with Crippen molar-refractivity contribution in [2.45, 2.75) is 25.3 Å². The van der Waals surface area contributed by atoms with Crippen LogP contribution in [0.15, 0.2) is 23.1 Å². The van der Waals surface area contributed by atoms with Crippen LogP contribution in [-0.4, -0.2) is 44.2 Å². The Morgan fingerprint density at radius 2 is 2.14 bits per heavy atom. The molecule has 0 spiro atoms. The number of piperidine rings is 1. The highest BCUT2D eigenvalue weighted by Crippen LogP contribution is 2.27. The molecule has 1 fully saturated rings. The molecule has 3 rings (SSSR count). The molecule has 2 aromatic rings.